The number of benzene rings is 1. The molecule has 0 aliphatic carbocycles. The van der Waals surface area contributed by atoms with E-state index in [9.17, 15) is 13.2 Å². The van der Waals surface area contributed by atoms with Crippen molar-refractivity contribution in [3.05, 3.63) is 29.8 Å². The normalized spacial score (nSPS) is 11.6. The Hall–Kier alpha value is -0.354. The molecular formula is C15H22F3Ga. The van der Waals surface area contributed by atoms with Crippen LogP contribution >= 0.6 is 0 Å². The van der Waals surface area contributed by atoms with Crippen LogP contribution < -0.4 is 4.12 Å². The predicted molar refractivity (Wildman–Crippen MR) is 76.3 cm³/mol. The Balaban J connectivity index is 3.00. The molecular weight excluding hydrogens is 307 g/mol. The standard InChI is InChI=1S/C7H4F3.2C4H9.Ga/c8-7(9,10)6-4-2-1-3-5-6;2*1-3-4-2;/h1-4H;2*1,3-4H2,2H3;. The molecule has 0 unspecified atom stereocenters. The molecule has 1 rings (SSSR count). The molecule has 0 aromatic heterocycles. The molecule has 0 spiro atoms. The van der Waals surface area contributed by atoms with Crippen molar-refractivity contribution in [2.24, 2.45) is 0 Å². The summed E-state index contributed by atoms with van der Waals surface area (Å²) < 4.78 is 39.9. The van der Waals surface area contributed by atoms with E-state index in [1.165, 1.54) is 12.1 Å². The van der Waals surface area contributed by atoms with E-state index in [1.807, 2.05) is 0 Å². The summed E-state index contributed by atoms with van der Waals surface area (Å²) in [5.74, 6) is 0. The molecule has 0 nitrogen and oxygen atoms in total. The average Bonchev–Trinajstić information content (AvgIpc) is 2.38. The van der Waals surface area contributed by atoms with Crippen molar-refractivity contribution in [2.75, 3.05) is 0 Å². The summed E-state index contributed by atoms with van der Waals surface area (Å²) in [7, 11) is 0. The van der Waals surface area contributed by atoms with Gasteiger partial charge < -0.3 is 0 Å². The van der Waals surface area contributed by atoms with Crippen molar-refractivity contribution < 1.29 is 13.2 Å². The molecule has 0 N–H and O–H groups in total. The molecule has 0 saturated heterocycles. The molecule has 0 bridgehead atoms. The summed E-state index contributed by atoms with van der Waals surface area (Å²) in [6.07, 6.45) is 0.0871. The van der Waals surface area contributed by atoms with E-state index in [4.69, 9.17) is 0 Å². The Labute approximate surface area is 119 Å². The van der Waals surface area contributed by atoms with Gasteiger partial charge in [-0.05, 0) is 0 Å². The molecule has 1 aromatic rings. The van der Waals surface area contributed by atoms with Gasteiger partial charge in [-0.25, -0.2) is 0 Å². The number of unbranched alkanes of at least 4 members (excludes halogenated alkanes) is 2. The van der Waals surface area contributed by atoms with Gasteiger partial charge in [0.25, 0.3) is 0 Å². The van der Waals surface area contributed by atoms with Crippen LogP contribution in [0, 0.1) is 0 Å². The van der Waals surface area contributed by atoms with Gasteiger partial charge >= 0.3 is 119 Å². The van der Waals surface area contributed by atoms with Crippen molar-refractivity contribution in [1.82, 2.24) is 0 Å². The topological polar surface area (TPSA) is 0 Å². The zero-order valence-corrected chi connectivity index (χ0v) is 14.2. The second kappa shape index (κ2) is 8.05. The number of hydrogen-bond donors (Lipinski definition) is 0. The van der Waals surface area contributed by atoms with E-state index in [-0.39, 0.29) is 5.56 Å². The van der Waals surface area contributed by atoms with Crippen LogP contribution in [-0.2, 0) is 6.18 Å². The summed E-state index contributed by atoms with van der Waals surface area (Å²) in [5.41, 5.74) is -0.368. The molecule has 0 aliphatic heterocycles. The molecule has 4 heteroatoms. The first-order valence-corrected chi connectivity index (χ1v) is 11.8. The minimum absolute atomic E-state index is 0.368. The van der Waals surface area contributed by atoms with Crippen molar-refractivity contribution in [3.63, 3.8) is 0 Å². The quantitative estimate of drug-likeness (QED) is 0.617. The van der Waals surface area contributed by atoms with Crippen LogP contribution in [0.25, 0.3) is 0 Å². The molecule has 1 aromatic carbocycles. The van der Waals surface area contributed by atoms with Gasteiger partial charge in [-0.15, -0.1) is 0 Å². The van der Waals surface area contributed by atoms with Crippen molar-refractivity contribution in [1.29, 1.82) is 0 Å². The van der Waals surface area contributed by atoms with Crippen LogP contribution in [0.4, 0.5) is 13.2 Å². The van der Waals surface area contributed by atoms with Gasteiger partial charge in [-0.1, -0.05) is 0 Å². The second-order valence-corrected chi connectivity index (χ2v) is 11.7. The minimum atomic E-state index is -4.20. The summed E-state index contributed by atoms with van der Waals surface area (Å²) in [4.78, 5) is 2.08. The fraction of sp³-hybridized carbons (Fsp3) is 0.600. The molecule has 0 radical (unpaired) electrons. The fourth-order valence-electron chi connectivity index (χ4n) is 2.47. The van der Waals surface area contributed by atoms with Crippen LogP contribution in [-0.4, -0.2) is 16.2 Å². The van der Waals surface area contributed by atoms with Crippen LogP contribution in [0.2, 0.25) is 9.95 Å². The van der Waals surface area contributed by atoms with Crippen molar-refractivity contribution in [2.45, 2.75) is 55.7 Å². The zero-order chi connectivity index (χ0) is 14.3. The zero-order valence-electron chi connectivity index (χ0n) is 11.8. The van der Waals surface area contributed by atoms with Gasteiger partial charge in [0.15, 0.2) is 0 Å². The second-order valence-electron chi connectivity index (χ2n) is 5.07. The molecule has 0 heterocycles. The maximum absolute atomic E-state index is 13.1. The molecule has 0 aliphatic rings. The number of alkyl halides is 3. The Kier molecular flexibility index (Phi) is 7.08. The first-order valence-electron chi connectivity index (χ1n) is 7.16. The molecule has 0 saturated carbocycles. The Bertz CT molecular complexity index is 366. The molecule has 19 heavy (non-hydrogen) atoms. The van der Waals surface area contributed by atoms with Crippen LogP contribution in [0.3, 0.4) is 0 Å². The maximum atomic E-state index is 13.1. The van der Waals surface area contributed by atoms with E-state index in [2.05, 4.69) is 13.8 Å². The molecule has 0 atom stereocenters. The SMILES string of the molecule is CCC[CH2][Ga]([CH2]CCC)[c]1ccccc1C(F)(F)F. The van der Waals surface area contributed by atoms with Crippen molar-refractivity contribution in [3.8, 4) is 0 Å². The third-order valence-electron chi connectivity index (χ3n) is 3.52. The van der Waals surface area contributed by atoms with E-state index in [0.717, 1.165) is 35.6 Å². The first-order chi connectivity index (χ1) is 9.00. The monoisotopic (exact) mass is 328 g/mol. The number of hydrogen-bond acceptors (Lipinski definition) is 0. The van der Waals surface area contributed by atoms with Gasteiger partial charge in [0, 0.05) is 0 Å². The third kappa shape index (κ3) is 5.26. The molecule has 106 valence electrons. The van der Waals surface area contributed by atoms with E-state index < -0.39 is 22.4 Å². The third-order valence-corrected chi connectivity index (χ3v) is 11.1. The molecule has 0 amide bonds. The van der Waals surface area contributed by atoms with E-state index >= 15 is 0 Å². The average molecular weight is 329 g/mol. The summed E-state index contributed by atoms with van der Waals surface area (Å²) >= 11 is -2.02. The van der Waals surface area contributed by atoms with E-state index in [1.54, 1.807) is 12.1 Å². The van der Waals surface area contributed by atoms with Crippen molar-refractivity contribution >= 4 is 20.3 Å². The summed E-state index contributed by atoms with van der Waals surface area (Å²) in [6.45, 7) is 4.21. The molecule has 0 fully saturated rings. The number of halogens is 3. The summed E-state index contributed by atoms with van der Waals surface area (Å²) in [6, 6.07) is 6.26. The Morgan fingerprint density at radius 1 is 0.947 bits per heavy atom. The summed E-state index contributed by atoms with van der Waals surface area (Å²) in [5, 5.41) is 0. The fourth-order valence-corrected chi connectivity index (χ4v) is 10.4. The van der Waals surface area contributed by atoms with Gasteiger partial charge in [0.05, 0.1) is 0 Å². The van der Waals surface area contributed by atoms with E-state index in [0.29, 0.717) is 4.12 Å². The van der Waals surface area contributed by atoms with Gasteiger partial charge in [-0.3, -0.25) is 0 Å². The van der Waals surface area contributed by atoms with Crippen LogP contribution in [0.1, 0.15) is 45.1 Å². The first kappa shape index (κ1) is 16.7. The Morgan fingerprint density at radius 3 is 1.95 bits per heavy atom. The van der Waals surface area contributed by atoms with Gasteiger partial charge in [0.1, 0.15) is 0 Å². The van der Waals surface area contributed by atoms with Gasteiger partial charge in [0.2, 0.25) is 0 Å². The Morgan fingerprint density at radius 2 is 1.47 bits per heavy atom. The number of rotatable bonds is 7. The van der Waals surface area contributed by atoms with Gasteiger partial charge in [-0.2, -0.15) is 0 Å². The van der Waals surface area contributed by atoms with Crippen LogP contribution in [0.15, 0.2) is 24.3 Å². The predicted octanol–water partition coefficient (Wildman–Crippen LogP) is 5.01. The van der Waals surface area contributed by atoms with Crippen LogP contribution in [0.5, 0.6) is 0 Å².